The summed E-state index contributed by atoms with van der Waals surface area (Å²) in [6.07, 6.45) is 2.49. The number of hydrogen-bond donors (Lipinski definition) is 3. The molecular weight excluding hydrogens is 326 g/mol. The van der Waals surface area contributed by atoms with E-state index in [0.29, 0.717) is 24.7 Å². The average molecular weight is 360 g/mol. The van der Waals surface area contributed by atoms with Crippen molar-refractivity contribution in [3.05, 3.63) is 35.4 Å². The maximum Gasteiger partial charge on any atom is 0.251 e. The summed E-state index contributed by atoms with van der Waals surface area (Å²) < 4.78 is 0. The molecule has 0 aliphatic carbocycles. The number of likely N-dealkylation sites (N-methyl/N-ethyl adjacent to an activating group) is 1. The van der Waals surface area contributed by atoms with E-state index in [1.165, 1.54) is 19.4 Å². The highest BCUT2D eigenvalue weighted by molar-refractivity contribution is 5.94. The maximum absolute atomic E-state index is 12.1. The molecule has 1 atom stereocenters. The Morgan fingerprint density at radius 1 is 1.23 bits per heavy atom. The molecule has 1 fully saturated rings. The van der Waals surface area contributed by atoms with Gasteiger partial charge in [0.2, 0.25) is 0 Å². The van der Waals surface area contributed by atoms with Crippen LogP contribution in [0.2, 0.25) is 0 Å². The fraction of sp³-hybridized carbons (Fsp3) is 0.600. The molecule has 3 N–H and O–H groups in total. The minimum absolute atomic E-state index is 0.0398. The molecule has 1 aromatic carbocycles. The Morgan fingerprint density at radius 2 is 2.04 bits per heavy atom. The van der Waals surface area contributed by atoms with Gasteiger partial charge in [0.1, 0.15) is 0 Å². The number of amides is 1. The highest BCUT2D eigenvalue weighted by atomic mass is 16.1. The summed E-state index contributed by atoms with van der Waals surface area (Å²) in [7, 11) is 0. The zero-order chi connectivity index (χ0) is 18.8. The second-order valence-corrected chi connectivity index (χ2v) is 6.70. The number of guanidine groups is 1. The van der Waals surface area contributed by atoms with E-state index < -0.39 is 0 Å². The smallest absolute Gasteiger partial charge is 0.251 e. The van der Waals surface area contributed by atoms with E-state index in [-0.39, 0.29) is 5.91 Å². The van der Waals surface area contributed by atoms with Crippen LogP contribution in [0.4, 0.5) is 0 Å². The highest BCUT2D eigenvalue weighted by Gasteiger charge is 2.22. The van der Waals surface area contributed by atoms with E-state index in [1.54, 1.807) is 0 Å². The van der Waals surface area contributed by atoms with Crippen LogP contribution in [0.5, 0.6) is 0 Å². The lowest BCUT2D eigenvalue weighted by Gasteiger charge is -2.21. The summed E-state index contributed by atoms with van der Waals surface area (Å²) >= 11 is 0. The Bertz CT molecular complexity index is 602. The minimum Gasteiger partial charge on any atom is -0.357 e. The quantitative estimate of drug-likeness (QED) is 0.376. The number of rotatable bonds is 8. The second kappa shape index (κ2) is 10.8. The molecule has 144 valence electrons. The minimum atomic E-state index is -0.0398. The maximum atomic E-state index is 12.1. The van der Waals surface area contributed by atoms with Crippen molar-refractivity contribution in [1.82, 2.24) is 20.9 Å². The lowest BCUT2D eigenvalue weighted by atomic mass is 10.1. The highest BCUT2D eigenvalue weighted by Crippen LogP contribution is 2.16. The van der Waals surface area contributed by atoms with Gasteiger partial charge in [0.05, 0.1) is 6.54 Å². The molecule has 0 radical (unpaired) electrons. The van der Waals surface area contributed by atoms with Crippen molar-refractivity contribution in [1.29, 1.82) is 0 Å². The van der Waals surface area contributed by atoms with Crippen LogP contribution in [0.1, 0.15) is 42.6 Å². The first-order valence-corrected chi connectivity index (χ1v) is 9.75. The van der Waals surface area contributed by atoms with Crippen LogP contribution in [0, 0.1) is 6.92 Å². The molecule has 1 unspecified atom stereocenters. The fourth-order valence-electron chi connectivity index (χ4n) is 3.30. The molecule has 0 saturated carbocycles. The third-order valence-electron chi connectivity index (χ3n) is 4.69. The third kappa shape index (κ3) is 6.33. The van der Waals surface area contributed by atoms with Crippen molar-refractivity contribution in [2.24, 2.45) is 4.99 Å². The van der Waals surface area contributed by atoms with Crippen LogP contribution in [-0.4, -0.2) is 62.1 Å². The first kappa shape index (κ1) is 20.2. The molecule has 1 aromatic rings. The molecule has 1 amide bonds. The standard InChI is InChI=1S/C20H33N5O/c1-4-21-20(24-15-18-10-7-13-25(18)5-2)23-12-11-22-19(26)17-9-6-8-16(3)14-17/h6,8-9,14,18H,4-5,7,10-13,15H2,1-3H3,(H,22,26)(H2,21,23,24). The summed E-state index contributed by atoms with van der Waals surface area (Å²) in [5.74, 6) is 0.780. The van der Waals surface area contributed by atoms with Crippen molar-refractivity contribution in [3.63, 3.8) is 0 Å². The molecule has 0 bridgehead atoms. The van der Waals surface area contributed by atoms with Gasteiger partial charge in [-0.25, -0.2) is 0 Å². The predicted octanol–water partition coefficient (Wildman–Crippen LogP) is 1.76. The normalized spacial score (nSPS) is 18.0. The van der Waals surface area contributed by atoms with Gasteiger partial charge in [-0.3, -0.25) is 14.7 Å². The van der Waals surface area contributed by atoms with Crippen LogP contribution in [0.3, 0.4) is 0 Å². The molecule has 0 aromatic heterocycles. The van der Waals surface area contributed by atoms with Crippen molar-refractivity contribution in [2.45, 2.75) is 39.7 Å². The molecule has 1 heterocycles. The number of hydrogen-bond acceptors (Lipinski definition) is 3. The second-order valence-electron chi connectivity index (χ2n) is 6.70. The first-order chi connectivity index (χ1) is 12.6. The van der Waals surface area contributed by atoms with Crippen molar-refractivity contribution < 1.29 is 4.79 Å². The lowest BCUT2D eigenvalue weighted by Crippen LogP contribution is -2.42. The number of benzene rings is 1. The van der Waals surface area contributed by atoms with E-state index >= 15 is 0 Å². The number of nitrogens with one attached hydrogen (secondary N) is 3. The zero-order valence-electron chi connectivity index (χ0n) is 16.3. The molecule has 1 saturated heterocycles. The van der Waals surface area contributed by atoms with Crippen LogP contribution >= 0.6 is 0 Å². The molecule has 1 aliphatic rings. The molecule has 0 spiro atoms. The first-order valence-electron chi connectivity index (χ1n) is 9.75. The topological polar surface area (TPSA) is 68.8 Å². The molecule has 6 nitrogen and oxygen atoms in total. The van der Waals surface area contributed by atoms with Crippen molar-refractivity contribution >= 4 is 11.9 Å². The Balaban J connectivity index is 1.75. The number of nitrogens with zero attached hydrogens (tertiary/aromatic N) is 2. The van der Waals surface area contributed by atoms with E-state index in [9.17, 15) is 4.79 Å². The van der Waals surface area contributed by atoms with Gasteiger partial charge in [-0.2, -0.15) is 0 Å². The third-order valence-corrected chi connectivity index (χ3v) is 4.69. The van der Waals surface area contributed by atoms with Gasteiger partial charge >= 0.3 is 0 Å². The molecule has 1 aliphatic heterocycles. The van der Waals surface area contributed by atoms with Gasteiger partial charge in [0.15, 0.2) is 5.96 Å². The summed E-state index contributed by atoms with van der Waals surface area (Å²) in [6.45, 7) is 11.4. The van der Waals surface area contributed by atoms with Crippen molar-refractivity contribution in [3.8, 4) is 0 Å². The Morgan fingerprint density at radius 3 is 2.77 bits per heavy atom. The SMILES string of the molecule is CCNC(=NCC1CCCN1CC)NCCNC(=O)c1cccc(C)c1. The molecule has 6 heteroatoms. The number of likely N-dealkylation sites (tertiary alicyclic amines) is 1. The van der Waals surface area contributed by atoms with E-state index in [0.717, 1.165) is 31.2 Å². The van der Waals surface area contributed by atoms with E-state index in [1.807, 2.05) is 31.2 Å². The summed E-state index contributed by atoms with van der Waals surface area (Å²) in [5, 5.41) is 9.52. The van der Waals surface area contributed by atoms with Crippen molar-refractivity contribution in [2.75, 3.05) is 39.3 Å². The zero-order valence-corrected chi connectivity index (χ0v) is 16.3. The number of aryl methyl sites for hydroxylation is 1. The van der Waals surface area contributed by atoms with Gasteiger partial charge in [-0.1, -0.05) is 24.6 Å². The van der Waals surface area contributed by atoms with Crippen LogP contribution in [-0.2, 0) is 0 Å². The predicted molar refractivity (Wildman–Crippen MR) is 108 cm³/mol. The molecule has 2 rings (SSSR count). The monoisotopic (exact) mass is 359 g/mol. The lowest BCUT2D eigenvalue weighted by molar-refractivity contribution is 0.0954. The molecule has 26 heavy (non-hydrogen) atoms. The van der Waals surface area contributed by atoms with E-state index in [4.69, 9.17) is 4.99 Å². The Kier molecular flexibility index (Phi) is 8.41. The van der Waals surface area contributed by atoms with Gasteiger partial charge in [-0.15, -0.1) is 0 Å². The Hall–Kier alpha value is -2.08. The molecular formula is C20H33N5O. The fourth-order valence-corrected chi connectivity index (χ4v) is 3.30. The average Bonchev–Trinajstić information content (AvgIpc) is 3.10. The Labute approximate surface area is 157 Å². The number of carbonyl (C=O) groups is 1. The van der Waals surface area contributed by atoms with Gasteiger partial charge in [0, 0.05) is 31.2 Å². The van der Waals surface area contributed by atoms with E-state index in [2.05, 4.69) is 34.7 Å². The van der Waals surface area contributed by atoms with Crippen LogP contribution < -0.4 is 16.0 Å². The van der Waals surface area contributed by atoms with Gasteiger partial charge in [0.25, 0.3) is 5.91 Å². The summed E-state index contributed by atoms with van der Waals surface area (Å²) in [4.78, 5) is 19.4. The van der Waals surface area contributed by atoms with Crippen LogP contribution in [0.25, 0.3) is 0 Å². The van der Waals surface area contributed by atoms with Gasteiger partial charge in [-0.05, 0) is 51.9 Å². The summed E-state index contributed by atoms with van der Waals surface area (Å²) in [6, 6.07) is 8.18. The van der Waals surface area contributed by atoms with Crippen LogP contribution in [0.15, 0.2) is 29.3 Å². The van der Waals surface area contributed by atoms with Gasteiger partial charge < -0.3 is 16.0 Å². The summed E-state index contributed by atoms with van der Waals surface area (Å²) in [5.41, 5.74) is 1.79. The largest absolute Gasteiger partial charge is 0.357 e. The number of carbonyl (C=O) groups excluding carboxylic acids is 1. The number of aliphatic imine (C=N–C) groups is 1.